The quantitative estimate of drug-likeness (QED) is 0.108. The molecule has 0 saturated carbocycles. The topological polar surface area (TPSA) is 3.24 Å². The zero-order valence-corrected chi connectivity index (χ0v) is 24.4. The maximum absolute atomic E-state index is 3.36. The molecule has 0 unspecified atom stereocenters. The van der Waals surface area contributed by atoms with Crippen molar-refractivity contribution >= 4 is 15.9 Å². The summed E-state index contributed by atoms with van der Waals surface area (Å²) in [5, 5.41) is 0.952. The van der Waals surface area contributed by atoms with Crippen LogP contribution in [0.3, 0.4) is 0 Å². The van der Waals surface area contributed by atoms with Gasteiger partial charge in [-0.3, -0.25) is 0 Å². The lowest BCUT2D eigenvalue weighted by Gasteiger charge is -2.22. The molecule has 0 atom stereocenters. The molecule has 0 N–H and O–H groups in total. The summed E-state index contributed by atoms with van der Waals surface area (Å²) in [6, 6.07) is 10.3. The normalized spacial score (nSPS) is 10.9. The standard InChI is InChI=1S/C24H51N.C7H7Br/c1-4-7-10-13-16-19-22-25(23-20-17-14-11-8-5-2)24-21-18-15-12-9-6-3;8-6-7-4-2-1-3-5-7/h4-24H2,1-3H3;1-5H,6H2. The Morgan fingerprint density at radius 3 is 1.12 bits per heavy atom. The van der Waals surface area contributed by atoms with Crippen molar-refractivity contribution in [2.24, 2.45) is 0 Å². The number of hydrogen-bond donors (Lipinski definition) is 0. The van der Waals surface area contributed by atoms with Crippen LogP contribution in [-0.4, -0.2) is 24.5 Å². The first-order chi connectivity index (χ1) is 16.3. The second-order valence-electron chi connectivity index (χ2n) is 9.76. The summed E-state index contributed by atoms with van der Waals surface area (Å²) < 4.78 is 0. The van der Waals surface area contributed by atoms with E-state index in [1.165, 1.54) is 141 Å². The molecular formula is C31H58BrN. The van der Waals surface area contributed by atoms with E-state index in [1.54, 1.807) is 0 Å². The van der Waals surface area contributed by atoms with E-state index in [4.69, 9.17) is 0 Å². The van der Waals surface area contributed by atoms with E-state index < -0.39 is 0 Å². The molecule has 0 radical (unpaired) electrons. The minimum atomic E-state index is 0.952. The molecule has 0 bridgehead atoms. The maximum Gasteiger partial charge on any atom is 0.0283 e. The van der Waals surface area contributed by atoms with E-state index in [0.29, 0.717) is 0 Å². The lowest BCUT2D eigenvalue weighted by Crippen LogP contribution is -2.27. The van der Waals surface area contributed by atoms with Crippen molar-refractivity contribution in [3.63, 3.8) is 0 Å². The Kier molecular flexibility index (Phi) is 27.6. The largest absolute Gasteiger partial charge is 0.303 e. The van der Waals surface area contributed by atoms with Crippen LogP contribution in [0.15, 0.2) is 30.3 Å². The fourth-order valence-electron chi connectivity index (χ4n) is 4.25. The third kappa shape index (κ3) is 24.6. The van der Waals surface area contributed by atoms with E-state index in [0.717, 1.165) is 5.33 Å². The van der Waals surface area contributed by atoms with Gasteiger partial charge in [0.15, 0.2) is 0 Å². The fraction of sp³-hybridized carbons (Fsp3) is 0.806. The van der Waals surface area contributed by atoms with Gasteiger partial charge in [0.05, 0.1) is 0 Å². The minimum Gasteiger partial charge on any atom is -0.303 e. The molecule has 0 aromatic heterocycles. The van der Waals surface area contributed by atoms with Crippen LogP contribution < -0.4 is 0 Å². The molecule has 2 heteroatoms. The second kappa shape index (κ2) is 27.9. The van der Waals surface area contributed by atoms with Crippen molar-refractivity contribution in [2.45, 2.75) is 142 Å². The summed E-state index contributed by atoms with van der Waals surface area (Å²) in [6.07, 6.45) is 25.7. The first-order valence-corrected chi connectivity index (χ1v) is 15.7. The highest BCUT2D eigenvalue weighted by Crippen LogP contribution is 2.11. The maximum atomic E-state index is 3.36. The third-order valence-corrected chi connectivity index (χ3v) is 7.13. The average Bonchev–Trinajstić information content (AvgIpc) is 2.85. The van der Waals surface area contributed by atoms with Crippen LogP contribution in [0.5, 0.6) is 0 Å². The number of unbranched alkanes of at least 4 members (excludes halogenated alkanes) is 15. The third-order valence-electron chi connectivity index (χ3n) is 6.48. The Bertz CT molecular complexity index is 423. The summed E-state index contributed by atoms with van der Waals surface area (Å²) in [4.78, 5) is 2.79. The van der Waals surface area contributed by atoms with Gasteiger partial charge < -0.3 is 4.90 Å². The van der Waals surface area contributed by atoms with Gasteiger partial charge >= 0.3 is 0 Å². The molecule has 0 aliphatic rings. The Morgan fingerprint density at radius 2 is 0.818 bits per heavy atom. The zero-order chi connectivity index (χ0) is 24.2. The lowest BCUT2D eigenvalue weighted by molar-refractivity contribution is 0.254. The monoisotopic (exact) mass is 523 g/mol. The molecule has 1 nitrogen and oxygen atoms in total. The first kappa shape index (κ1) is 32.7. The number of benzene rings is 1. The van der Waals surface area contributed by atoms with Gasteiger partial charge in [-0.05, 0) is 44.5 Å². The van der Waals surface area contributed by atoms with Crippen LogP contribution in [0, 0.1) is 0 Å². The highest BCUT2D eigenvalue weighted by atomic mass is 79.9. The van der Waals surface area contributed by atoms with Crippen molar-refractivity contribution in [3.8, 4) is 0 Å². The molecule has 0 heterocycles. The highest BCUT2D eigenvalue weighted by molar-refractivity contribution is 9.08. The van der Waals surface area contributed by atoms with Crippen LogP contribution in [0.25, 0.3) is 0 Å². The number of halogens is 1. The summed E-state index contributed by atoms with van der Waals surface area (Å²) in [6.45, 7) is 11.0. The zero-order valence-electron chi connectivity index (χ0n) is 22.8. The van der Waals surface area contributed by atoms with Crippen molar-refractivity contribution in [3.05, 3.63) is 35.9 Å². The number of alkyl halides is 1. The second-order valence-corrected chi connectivity index (χ2v) is 10.3. The van der Waals surface area contributed by atoms with Crippen LogP contribution in [0.1, 0.15) is 142 Å². The van der Waals surface area contributed by atoms with E-state index in [2.05, 4.69) is 53.7 Å². The summed E-state index contributed by atoms with van der Waals surface area (Å²) in [5.74, 6) is 0. The average molecular weight is 525 g/mol. The van der Waals surface area contributed by atoms with Gasteiger partial charge in [0, 0.05) is 5.33 Å². The molecule has 1 rings (SSSR count). The van der Waals surface area contributed by atoms with E-state index in [-0.39, 0.29) is 0 Å². The smallest absolute Gasteiger partial charge is 0.0283 e. The molecule has 0 aliphatic heterocycles. The van der Waals surface area contributed by atoms with Gasteiger partial charge in [-0.15, -0.1) is 0 Å². The fourth-order valence-corrected chi connectivity index (χ4v) is 4.62. The Labute approximate surface area is 217 Å². The summed E-state index contributed by atoms with van der Waals surface area (Å²) in [5.41, 5.74) is 1.33. The molecule has 194 valence electrons. The number of hydrogen-bond acceptors (Lipinski definition) is 1. The van der Waals surface area contributed by atoms with E-state index in [9.17, 15) is 0 Å². The SMILES string of the molecule is BrCc1ccccc1.CCCCCCCCN(CCCCCCCC)CCCCCCCC. The molecular weight excluding hydrogens is 466 g/mol. The Hall–Kier alpha value is -0.340. The predicted octanol–water partition coefficient (Wildman–Crippen LogP) is 11.0. The van der Waals surface area contributed by atoms with E-state index >= 15 is 0 Å². The number of nitrogens with zero attached hydrogens (tertiary/aromatic N) is 1. The predicted molar refractivity (Wildman–Crippen MR) is 156 cm³/mol. The molecule has 0 fully saturated rings. The van der Waals surface area contributed by atoms with Gasteiger partial charge in [-0.1, -0.05) is 163 Å². The van der Waals surface area contributed by atoms with Crippen molar-refractivity contribution in [1.29, 1.82) is 0 Å². The van der Waals surface area contributed by atoms with Gasteiger partial charge in [0.25, 0.3) is 0 Å². The van der Waals surface area contributed by atoms with Crippen molar-refractivity contribution < 1.29 is 0 Å². The molecule has 1 aromatic carbocycles. The van der Waals surface area contributed by atoms with Gasteiger partial charge in [-0.2, -0.15) is 0 Å². The summed E-state index contributed by atoms with van der Waals surface area (Å²) in [7, 11) is 0. The molecule has 33 heavy (non-hydrogen) atoms. The molecule has 0 amide bonds. The van der Waals surface area contributed by atoms with Gasteiger partial charge in [0.2, 0.25) is 0 Å². The van der Waals surface area contributed by atoms with Crippen LogP contribution in [-0.2, 0) is 5.33 Å². The Balaban J connectivity index is 0.00000106. The molecule has 0 spiro atoms. The lowest BCUT2D eigenvalue weighted by atomic mass is 10.1. The van der Waals surface area contributed by atoms with Crippen LogP contribution >= 0.6 is 15.9 Å². The van der Waals surface area contributed by atoms with Crippen molar-refractivity contribution in [2.75, 3.05) is 19.6 Å². The van der Waals surface area contributed by atoms with Crippen LogP contribution in [0.2, 0.25) is 0 Å². The van der Waals surface area contributed by atoms with Crippen molar-refractivity contribution in [1.82, 2.24) is 4.90 Å². The minimum absolute atomic E-state index is 0.952. The molecule has 1 aromatic rings. The van der Waals surface area contributed by atoms with Gasteiger partial charge in [-0.25, -0.2) is 0 Å². The highest BCUT2D eigenvalue weighted by Gasteiger charge is 2.05. The number of rotatable bonds is 22. The Morgan fingerprint density at radius 1 is 0.485 bits per heavy atom. The molecule has 0 saturated heterocycles. The van der Waals surface area contributed by atoms with Crippen LogP contribution in [0.4, 0.5) is 0 Å². The van der Waals surface area contributed by atoms with Gasteiger partial charge in [0.1, 0.15) is 0 Å². The first-order valence-electron chi connectivity index (χ1n) is 14.6. The van der Waals surface area contributed by atoms with E-state index in [1.807, 2.05) is 18.2 Å². The summed E-state index contributed by atoms with van der Waals surface area (Å²) >= 11 is 3.36. The molecule has 0 aliphatic carbocycles.